The summed E-state index contributed by atoms with van der Waals surface area (Å²) in [5.74, 6) is -0.184. The van der Waals surface area contributed by atoms with Crippen molar-refractivity contribution < 1.29 is 13.2 Å². The third-order valence-electron chi connectivity index (χ3n) is 6.59. The Morgan fingerprint density at radius 3 is 2.35 bits per heavy atom. The van der Waals surface area contributed by atoms with Gasteiger partial charge in [0.15, 0.2) is 0 Å². The molecule has 1 saturated heterocycles. The summed E-state index contributed by atoms with van der Waals surface area (Å²) in [7, 11) is -3.66. The lowest BCUT2D eigenvalue weighted by molar-refractivity contribution is -0.121. The third-order valence-corrected chi connectivity index (χ3v) is 9.71. The van der Waals surface area contributed by atoms with Gasteiger partial charge in [-0.1, -0.05) is 6.42 Å². The van der Waals surface area contributed by atoms with E-state index in [-0.39, 0.29) is 23.9 Å². The highest BCUT2D eigenvalue weighted by Crippen LogP contribution is 2.37. The number of piperazine rings is 1. The molecule has 1 amide bonds. The number of hydrogen-bond donors (Lipinski definition) is 1. The fraction of sp³-hybridized carbons (Fsp3) is 0.458. The minimum atomic E-state index is -3.66. The van der Waals surface area contributed by atoms with E-state index in [2.05, 4.69) is 11.4 Å². The first-order valence-corrected chi connectivity index (χ1v) is 13.7. The van der Waals surface area contributed by atoms with E-state index < -0.39 is 16.1 Å². The van der Waals surface area contributed by atoms with Crippen molar-refractivity contribution in [1.82, 2.24) is 9.21 Å². The van der Waals surface area contributed by atoms with Gasteiger partial charge in [-0.3, -0.25) is 9.69 Å². The molecular weight excluding hydrogens is 470 g/mol. The van der Waals surface area contributed by atoms with Crippen LogP contribution >= 0.6 is 11.3 Å². The van der Waals surface area contributed by atoms with Crippen LogP contribution in [-0.2, 0) is 27.7 Å². The van der Waals surface area contributed by atoms with Gasteiger partial charge in [0.2, 0.25) is 15.9 Å². The van der Waals surface area contributed by atoms with E-state index in [1.54, 1.807) is 0 Å². The highest BCUT2D eigenvalue weighted by molar-refractivity contribution is 7.89. The Morgan fingerprint density at radius 1 is 1.03 bits per heavy atom. The largest absolute Gasteiger partial charge is 0.315 e. The number of nitrogens with zero attached hydrogens (tertiary/aromatic N) is 4. The predicted molar refractivity (Wildman–Crippen MR) is 130 cm³/mol. The van der Waals surface area contributed by atoms with E-state index in [9.17, 15) is 18.5 Å². The van der Waals surface area contributed by atoms with Crippen LogP contribution in [0.2, 0.25) is 0 Å². The number of rotatable bonds is 5. The first-order chi connectivity index (χ1) is 16.3. The van der Waals surface area contributed by atoms with E-state index >= 15 is 0 Å². The van der Waals surface area contributed by atoms with Crippen LogP contribution < -0.4 is 5.32 Å². The van der Waals surface area contributed by atoms with Crippen LogP contribution in [0.4, 0.5) is 5.00 Å². The maximum atomic E-state index is 13.0. The van der Waals surface area contributed by atoms with Crippen LogP contribution in [0.25, 0.3) is 0 Å². The molecule has 34 heavy (non-hydrogen) atoms. The van der Waals surface area contributed by atoms with E-state index in [0.29, 0.717) is 29.2 Å². The summed E-state index contributed by atoms with van der Waals surface area (Å²) in [4.78, 5) is 16.3. The van der Waals surface area contributed by atoms with Gasteiger partial charge in [-0.05, 0) is 62.4 Å². The number of amides is 1. The van der Waals surface area contributed by atoms with Crippen LogP contribution in [0.3, 0.4) is 0 Å². The van der Waals surface area contributed by atoms with Gasteiger partial charge in [-0.2, -0.15) is 14.8 Å². The van der Waals surface area contributed by atoms with Crippen LogP contribution in [0.15, 0.2) is 29.2 Å². The number of nitriles is 2. The van der Waals surface area contributed by atoms with Gasteiger partial charge in [-0.25, -0.2) is 8.42 Å². The fourth-order valence-electron chi connectivity index (χ4n) is 4.51. The normalized spacial score (nSPS) is 18.2. The first-order valence-electron chi connectivity index (χ1n) is 11.4. The number of aryl methyl sites for hydroxylation is 1. The summed E-state index contributed by atoms with van der Waals surface area (Å²) in [5.41, 5.74) is 2.10. The standard InChI is InChI=1S/C24H27N5O3S2/c1-17(23(30)27-24-21(16-26)20-5-3-2-4-6-22(20)33-24)28-11-13-29(14-12-28)34(31,32)19-9-7-18(15-25)8-10-19/h7-10,17H,2-6,11-14H2,1H3,(H,27,30)/t17-/m0/s1. The molecule has 0 saturated carbocycles. The van der Waals surface area contributed by atoms with Gasteiger partial charge in [0.25, 0.3) is 0 Å². The van der Waals surface area contributed by atoms with Gasteiger partial charge in [0.1, 0.15) is 11.1 Å². The summed E-state index contributed by atoms with van der Waals surface area (Å²) in [6.45, 7) is 3.21. The average Bonchev–Trinajstić information content (AvgIpc) is 3.01. The molecule has 0 bridgehead atoms. The monoisotopic (exact) mass is 497 g/mol. The summed E-state index contributed by atoms with van der Waals surface area (Å²) in [5, 5.41) is 22.2. The molecule has 4 rings (SSSR count). The third kappa shape index (κ3) is 4.86. The molecule has 2 heterocycles. The Balaban J connectivity index is 1.39. The number of benzene rings is 1. The Morgan fingerprint density at radius 2 is 1.71 bits per heavy atom. The summed E-state index contributed by atoms with van der Waals surface area (Å²) < 4.78 is 27.3. The molecule has 1 N–H and O–H groups in total. The topological polar surface area (TPSA) is 117 Å². The summed E-state index contributed by atoms with van der Waals surface area (Å²) in [6, 6.07) is 9.72. The van der Waals surface area contributed by atoms with Gasteiger partial charge in [-0.15, -0.1) is 11.3 Å². The molecule has 178 valence electrons. The lowest BCUT2D eigenvalue weighted by Gasteiger charge is -2.36. The SMILES string of the molecule is C[C@@H](C(=O)Nc1sc2c(c1C#N)CCCCC2)N1CCN(S(=O)(=O)c2ccc(C#N)cc2)CC1. The van der Waals surface area contributed by atoms with Crippen molar-refractivity contribution in [3.05, 3.63) is 45.8 Å². The quantitative estimate of drug-likeness (QED) is 0.635. The van der Waals surface area contributed by atoms with Crippen LogP contribution in [0, 0.1) is 22.7 Å². The zero-order chi connectivity index (χ0) is 24.3. The van der Waals surface area contributed by atoms with Crippen LogP contribution in [0.1, 0.15) is 47.8 Å². The highest BCUT2D eigenvalue weighted by Gasteiger charge is 2.32. The smallest absolute Gasteiger partial charge is 0.243 e. The highest BCUT2D eigenvalue weighted by atomic mass is 32.2. The molecule has 1 aliphatic carbocycles. The molecular formula is C24H27N5O3S2. The number of carbonyl (C=O) groups is 1. The molecule has 0 spiro atoms. The van der Waals surface area contributed by atoms with Crippen molar-refractivity contribution in [2.45, 2.75) is 50.0 Å². The number of sulfonamides is 1. The molecule has 8 nitrogen and oxygen atoms in total. The second-order valence-corrected chi connectivity index (χ2v) is 11.7. The van der Waals surface area contributed by atoms with Crippen molar-refractivity contribution in [3.8, 4) is 12.1 Å². The predicted octanol–water partition coefficient (Wildman–Crippen LogP) is 3.09. The number of thiophene rings is 1. The first kappa shape index (κ1) is 24.4. The van der Waals surface area contributed by atoms with E-state index in [1.807, 2.05) is 17.9 Å². The van der Waals surface area contributed by atoms with Gasteiger partial charge in [0, 0.05) is 31.1 Å². The van der Waals surface area contributed by atoms with Gasteiger partial charge >= 0.3 is 0 Å². The number of nitrogens with one attached hydrogen (secondary N) is 1. The average molecular weight is 498 g/mol. The molecule has 1 aromatic heterocycles. The van der Waals surface area contributed by atoms with Crippen molar-refractivity contribution in [2.24, 2.45) is 0 Å². The lowest BCUT2D eigenvalue weighted by atomic mass is 10.1. The molecule has 1 aromatic carbocycles. The molecule has 2 aliphatic rings. The number of fused-ring (bicyclic) bond motifs is 1. The molecule has 0 unspecified atom stereocenters. The summed E-state index contributed by atoms with van der Waals surface area (Å²) in [6.07, 6.45) is 5.18. The van der Waals surface area contributed by atoms with E-state index in [0.717, 1.165) is 37.7 Å². The van der Waals surface area contributed by atoms with Crippen LogP contribution in [-0.4, -0.2) is 55.8 Å². The van der Waals surface area contributed by atoms with E-state index in [1.165, 1.54) is 44.8 Å². The minimum absolute atomic E-state index is 0.159. The van der Waals surface area contributed by atoms with E-state index in [4.69, 9.17) is 5.26 Å². The number of carbonyl (C=O) groups excluding carboxylic acids is 1. The zero-order valence-corrected chi connectivity index (χ0v) is 20.7. The molecule has 1 fully saturated rings. The second-order valence-electron chi connectivity index (χ2n) is 8.62. The molecule has 0 radical (unpaired) electrons. The molecule has 10 heteroatoms. The fourth-order valence-corrected chi connectivity index (χ4v) is 7.18. The second kappa shape index (κ2) is 10.2. The summed E-state index contributed by atoms with van der Waals surface area (Å²) >= 11 is 1.52. The minimum Gasteiger partial charge on any atom is -0.315 e. The van der Waals surface area contributed by atoms with Crippen molar-refractivity contribution in [3.63, 3.8) is 0 Å². The Bertz CT molecular complexity index is 1250. The van der Waals surface area contributed by atoms with Crippen LogP contribution in [0.5, 0.6) is 0 Å². The Hall–Kier alpha value is -2.76. The number of anilines is 1. The van der Waals surface area contributed by atoms with Crippen molar-refractivity contribution in [2.75, 3.05) is 31.5 Å². The van der Waals surface area contributed by atoms with Crippen molar-refractivity contribution >= 4 is 32.3 Å². The maximum absolute atomic E-state index is 13.0. The molecule has 2 aromatic rings. The number of hydrogen-bond acceptors (Lipinski definition) is 7. The molecule has 1 atom stereocenters. The zero-order valence-electron chi connectivity index (χ0n) is 19.1. The van der Waals surface area contributed by atoms with Gasteiger partial charge < -0.3 is 5.32 Å². The Labute approximate surface area is 204 Å². The van der Waals surface area contributed by atoms with Crippen molar-refractivity contribution in [1.29, 1.82) is 10.5 Å². The lowest BCUT2D eigenvalue weighted by Crippen LogP contribution is -2.53. The maximum Gasteiger partial charge on any atom is 0.243 e. The molecule has 1 aliphatic heterocycles. The Kier molecular flexibility index (Phi) is 7.34. The van der Waals surface area contributed by atoms with Gasteiger partial charge in [0.05, 0.1) is 28.1 Å².